The molecule has 0 spiro atoms. The summed E-state index contributed by atoms with van der Waals surface area (Å²) < 4.78 is 1.48. The van der Waals surface area contributed by atoms with Crippen LogP contribution in [0.1, 0.15) is 5.56 Å². The number of fused-ring (bicyclic) bond motifs is 1. The van der Waals surface area contributed by atoms with Crippen molar-refractivity contribution in [2.75, 3.05) is 44.6 Å². The Balaban J connectivity index is 1.22. The number of nitrogens with zero attached hydrogens (tertiary/aromatic N) is 4. The first-order valence-electron chi connectivity index (χ1n) is 10.5. The van der Waals surface area contributed by atoms with Crippen LogP contribution >= 0.6 is 0 Å². The Hall–Kier alpha value is -2.75. The first-order chi connectivity index (χ1) is 14.6. The summed E-state index contributed by atoms with van der Waals surface area (Å²) in [4.78, 5) is 32.9. The van der Waals surface area contributed by atoms with Gasteiger partial charge in [-0.3, -0.25) is 14.8 Å². The van der Waals surface area contributed by atoms with Gasteiger partial charge in [0.05, 0.1) is 5.69 Å². The van der Waals surface area contributed by atoms with Gasteiger partial charge < -0.3 is 16.0 Å². The van der Waals surface area contributed by atoms with Crippen LogP contribution in [0, 0.1) is 11.8 Å². The van der Waals surface area contributed by atoms with E-state index in [1.165, 1.54) is 10.1 Å². The van der Waals surface area contributed by atoms with Crippen molar-refractivity contribution >= 4 is 11.8 Å². The molecule has 2 aliphatic heterocycles. The smallest absolute Gasteiger partial charge is 0.327 e. The summed E-state index contributed by atoms with van der Waals surface area (Å²) in [5, 5.41) is 5.91. The number of rotatable bonds is 4. The molecule has 2 aromatic rings. The number of urea groups is 1. The number of piperidine rings is 1. The van der Waals surface area contributed by atoms with Gasteiger partial charge in [-0.15, -0.1) is 0 Å². The number of carbonyl (C=O) groups is 1. The van der Waals surface area contributed by atoms with Crippen LogP contribution in [0.3, 0.4) is 0 Å². The molecule has 9 heteroatoms. The minimum absolute atomic E-state index is 0.231. The molecular weight excluding hydrogens is 382 g/mol. The first-order valence-corrected chi connectivity index (χ1v) is 10.5. The highest BCUT2D eigenvalue weighted by atomic mass is 16.2. The van der Waals surface area contributed by atoms with E-state index >= 15 is 0 Å². The van der Waals surface area contributed by atoms with Gasteiger partial charge in [-0.05, 0) is 35.6 Å². The second-order valence-electron chi connectivity index (χ2n) is 8.40. The highest BCUT2D eigenvalue weighted by Gasteiger charge is 2.53. The SMILES string of the molecule is NC1C2CN(Cc3ccc(-n4ccc(NC(=O)N5CCNCC5)nc4=O)cc3)CC12. The molecule has 2 atom stereocenters. The Labute approximate surface area is 174 Å². The Bertz CT molecular complexity index is 972. The van der Waals surface area contributed by atoms with Crippen LogP contribution < -0.4 is 22.1 Å². The fraction of sp³-hybridized carbons (Fsp3) is 0.476. The molecule has 5 rings (SSSR count). The second-order valence-corrected chi connectivity index (χ2v) is 8.40. The lowest BCUT2D eigenvalue weighted by molar-refractivity contribution is 0.204. The van der Waals surface area contributed by atoms with Gasteiger partial charge in [-0.2, -0.15) is 4.98 Å². The zero-order valence-electron chi connectivity index (χ0n) is 16.8. The second kappa shape index (κ2) is 7.82. The minimum atomic E-state index is -0.422. The number of likely N-dealkylation sites (tertiary alicyclic amines) is 1. The van der Waals surface area contributed by atoms with Gasteiger partial charge in [0.1, 0.15) is 5.82 Å². The number of carbonyl (C=O) groups excluding carboxylic acids is 1. The number of nitrogens with two attached hydrogens (primary N) is 1. The molecule has 0 bridgehead atoms. The van der Waals surface area contributed by atoms with E-state index in [1.54, 1.807) is 17.2 Å². The van der Waals surface area contributed by atoms with E-state index in [0.29, 0.717) is 31.0 Å². The molecule has 4 N–H and O–H groups in total. The maximum Gasteiger partial charge on any atom is 0.354 e. The number of aromatic nitrogens is 2. The summed E-state index contributed by atoms with van der Waals surface area (Å²) in [5.74, 6) is 1.63. The number of benzene rings is 1. The molecule has 1 aliphatic carbocycles. The Morgan fingerprint density at radius 3 is 2.50 bits per heavy atom. The van der Waals surface area contributed by atoms with Crippen molar-refractivity contribution in [1.29, 1.82) is 0 Å². The van der Waals surface area contributed by atoms with Gasteiger partial charge in [0.2, 0.25) is 0 Å². The van der Waals surface area contributed by atoms with Crippen LogP contribution in [0.4, 0.5) is 10.6 Å². The molecule has 2 saturated heterocycles. The van der Waals surface area contributed by atoms with Crippen LogP contribution in [0.5, 0.6) is 0 Å². The zero-order chi connectivity index (χ0) is 20.7. The van der Waals surface area contributed by atoms with E-state index in [2.05, 4.69) is 20.5 Å². The van der Waals surface area contributed by atoms with Crippen molar-refractivity contribution in [2.45, 2.75) is 12.6 Å². The quantitative estimate of drug-likeness (QED) is 0.659. The normalized spacial score (nSPS) is 25.8. The first kappa shape index (κ1) is 19.2. The van der Waals surface area contributed by atoms with E-state index < -0.39 is 5.69 Å². The third-order valence-corrected chi connectivity index (χ3v) is 6.40. The standard InChI is InChI=1S/C21H27N7O2/c22-19-16-12-26(13-17(16)19)11-14-1-3-15(4-2-14)28-8-5-18(25-21(28)30)24-20(29)27-9-6-23-7-10-27/h1-5,8,16-17,19,23H,6-7,9-13,22H2,(H,24,25,29,30). The molecule has 2 unspecified atom stereocenters. The molecule has 0 radical (unpaired) electrons. The van der Waals surface area contributed by atoms with Crippen LogP contribution in [0.15, 0.2) is 41.3 Å². The van der Waals surface area contributed by atoms with Crippen molar-refractivity contribution in [3.8, 4) is 5.69 Å². The highest BCUT2D eigenvalue weighted by molar-refractivity contribution is 5.88. The lowest BCUT2D eigenvalue weighted by atomic mass is 10.2. The van der Waals surface area contributed by atoms with E-state index in [9.17, 15) is 9.59 Å². The third kappa shape index (κ3) is 3.83. The van der Waals surface area contributed by atoms with Crippen LogP contribution in [0.2, 0.25) is 0 Å². The number of amides is 2. The number of hydrogen-bond acceptors (Lipinski definition) is 6. The van der Waals surface area contributed by atoms with Crippen molar-refractivity contribution in [1.82, 2.24) is 24.7 Å². The number of hydrogen-bond donors (Lipinski definition) is 3. The highest BCUT2D eigenvalue weighted by Crippen LogP contribution is 2.44. The lowest BCUT2D eigenvalue weighted by Crippen LogP contribution is -2.48. The molecule has 1 saturated carbocycles. The van der Waals surface area contributed by atoms with Gasteiger partial charge in [-0.25, -0.2) is 9.59 Å². The van der Waals surface area contributed by atoms with Crippen molar-refractivity contribution in [3.05, 3.63) is 52.6 Å². The fourth-order valence-electron chi connectivity index (χ4n) is 4.53. The monoisotopic (exact) mass is 409 g/mol. The Kier molecular flexibility index (Phi) is 5.01. The van der Waals surface area contributed by atoms with Gasteiger partial charge in [0, 0.05) is 58.1 Å². The van der Waals surface area contributed by atoms with Gasteiger partial charge >= 0.3 is 11.7 Å². The lowest BCUT2D eigenvalue weighted by Gasteiger charge is -2.27. The van der Waals surface area contributed by atoms with Crippen LogP contribution in [0.25, 0.3) is 5.69 Å². The molecule has 1 aromatic carbocycles. The maximum absolute atomic E-state index is 12.5. The average molecular weight is 409 g/mol. The van der Waals surface area contributed by atoms with Crippen LogP contribution in [-0.4, -0.2) is 70.7 Å². The number of piperazine rings is 1. The van der Waals surface area contributed by atoms with E-state index in [1.807, 2.05) is 24.3 Å². The molecule has 3 fully saturated rings. The van der Waals surface area contributed by atoms with Gasteiger partial charge in [0.25, 0.3) is 0 Å². The number of nitrogens with one attached hydrogen (secondary N) is 2. The zero-order valence-corrected chi connectivity index (χ0v) is 16.8. The molecule has 1 aromatic heterocycles. The summed E-state index contributed by atoms with van der Waals surface area (Å²) >= 11 is 0. The molecule has 30 heavy (non-hydrogen) atoms. The third-order valence-electron chi connectivity index (χ3n) is 6.40. The predicted molar refractivity (Wildman–Crippen MR) is 114 cm³/mol. The summed E-state index contributed by atoms with van der Waals surface area (Å²) in [7, 11) is 0. The predicted octanol–water partition coefficient (Wildman–Crippen LogP) is 0.0585. The summed E-state index contributed by atoms with van der Waals surface area (Å²) in [6.07, 6.45) is 1.65. The molecule has 9 nitrogen and oxygen atoms in total. The van der Waals surface area contributed by atoms with E-state index in [4.69, 9.17) is 5.73 Å². The largest absolute Gasteiger partial charge is 0.354 e. The number of anilines is 1. The van der Waals surface area contributed by atoms with Gasteiger partial charge in [-0.1, -0.05) is 12.1 Å². The topological polar surface area (TPSA) is 109 Å². The Morgan fingerprint density at radius 1 is 1.13 bits per heavy atom. The summed E-state index contributed by atoms with van der Waals surface area (Å²) in [5.41, 5.74) is 7.56. The minimum Gasteiger partial charge on any atom is -0.327 e. The van der Waals surface area contributed by atoms with Gasteiger partial charge in [0.15, 0.2) is 0 Å². The fourth-order valence-corrected chi connectivity index (χ4v) is 4.53. The molecular formula is C21H27N7O2. The molecule has 158 valence electrons. The Morgan fingerprint density at radius 2 is 1.83 bits per heavy atom. The van der Waals surface area contributed by atoms with Crippen molar-refractivity contribution < 1.29 is 4.79 Å². The average Bonchev–Trinajstić information content (AvgIpc) is 3.16. The maximum atomic E-state index is 12.5. The summed E-state index contributed by atoms with van der Waals surface area (Å²) in [6, 6.07) is 9.78. The van der Waals surface area contributed by atoms with Crippen molar-refractivity contribution in [2.24, 2.45) is 17.6 Å². The van der Waals surface area contributed by atoms with E-state index in [0.717, 1.165) is 38.4 Å². The molecule has 2 amide bonds. The molecule has 3 aliphatic rings. The van der Waals surface area contributed by atoms with E-state index in [-0.39, 0.29) is 11.8 Å². The molecule has 3 heterocycles. The van der Waals surface area contributed by atoms with Crippen LogP contribution in [-0.2, 0) is 6.54 Å². The summed E-state index contributed by atoms with van der Waals surface area (Å²) in [6.45, 7) is 5.89. The van der Waals surface area contributed by atoms with Crippen molar-refractivity contribution in [3.63, 3.8) is 0 Å².